The molecule has 1 aromatic carbocycles. The summed E-state index contributed by atoms with van der Waals surface area (Å²) in [4.78, 5) is 12.3. The van der Waals surface area contributed by atoms with Gasteiger partial charge in [0, 0.05) is 23.3 Å². The molecule has 1 aromatic rings. The van der Waals surface area contributed by atoms with Gasteiger partial charge in [0.2, 0.25) is 0 Å². The van der Waals surface area contributed by atoms with E-state index in [9.17, 15) is 4.79 Å². The van der Waals surface area contributed by atoms with Gasteiger partial charge in [-0.05, 0) is 12.1 Å². The standard InChI is InChI=1S/C18H26O4/c1-11(2)16(19)13(4)17-12(3)10-21-18(22-17)14-6-8-15(20-5)9-7-14/h6-9,11-13,17-18H,10H2,1-5H3/t12-,13+,17-,18-/m1/s1. The van der Waals surface area contributed by atoms with Crippen molar-refractivity contribution in [1.29, 1.82) is 0 Å². The van der Waals surface area contributed by atoms with E-state index in [-0.39, 0.29) is 29.6 Å². The number of rotatable bonds is 5. The van der Waals surface area contributed by atoms with Crippen molar-refractivity contribution in [2.75, 3.05) is 13.7 Å². The van der Waals surface area contributed by atoms with E-state index in [1.165, 1.54) is 0 Å². The van der Waals surface area contributed by atoms with Crippen molar-refractivity contribution in [2.24, 2.45) is 17.8 Å². The maximum atomic E-state index is 12.3. The van der Waals surface area contributed by atoms with E-state index < -0.39 is 6.29 Å². The Morgan fingerprint density at radius 2 is 1.86 bits per heavy atom. The molecule has 0 amide bonds. The van der Waals surface area contributed by atoms with E-state index in [1.807, 2.05) is 45.0 Å². The molecule has 0 N–H and O–H groups in total. The lowest BCUT2D eigenvalue weighted by molar-refractivity contribution is -0.248. The number of carbonyl (C=O) groups excluding carboxylic acids is 1. The Labute approximate surface area is 132 Å². The molecule has 122 valence electrons. The van der Waals surface area contributed by atoms with Gasteiger partial charge >= 0.3 is 0 Å². The van der Waals surface area contributed by atoms with Crippen molar-refractivity contribution in [3.63, 3.8) is 0 Å². The Morgan fingerprint density at radius 3 is 2.41 bits per heavy atom. The number of hydrogen-bond donors (Lipinski definition) is 0. The molecule has 1 fully saturated rings. The second-order valence-electron chi connectivity index (χ2n) is 6.36. The zero-order chi connectivity index (χ0) is 16.3. The van der Waals surface area contributed by atoms with Crippen molar-refractivity contribution < 1.29 is 19.0 Å². The van der Waals surface area contributed by atoms with Gasteiger partial charge in [-0.2, -0.15) is 0 Å². The van der Waals surface area contributed by atoms with Crippen LogP contribution in [0, 0.1) is 17.8 Å². The zero-order valence-corrected chi connectivity index (χ0v) is 14.0. The van der Waals surface area contributed by atoms with Crippen LogP contribution in [0.3, 0.4) is 0 Å². The smallest absolute Gasteiger partial charge is 0.184 e. The van der Waals surface area contributed by atoms with Gasteiger partial charge in [0.05, 0.1) is 19.8 Å². The fourth-order valence-electron chi connectivity index (χ4n) is 2.88. The van der Waals surface area contributed by atoms with E-state index in [0.717, 1.165) is 11.3 Å². The molecule has 0 aliphatic carbocycles. The normalized spacial score (nSPS) is 26.7. The third kappa shape index (κ3) is 3.68. The Balaban J connectivity index is 2.11. The van der Waals surface area contributed by atoms with Gasteiger partial charge in [-0.3, -0.25) is 4.79 Å². The molecule has 0 bridgehead atoms. The first-order valence-corrected chi connectivity index (χ1v) is 7.88. The fourth-order valence-corrected chi connectivity index (χ4v) is 2.88. The van der Waals surface area contributed by atoms with E-state index in [4.69, 9.17) is 14.2 Å². The molecule has 1 heterocycles. The summed E-state index contributed by atoms with van der Waals surface area (Å²) in [7, 11) is 1.64. The first-order chi connectivity index (χ1) is 10.4. The third-order valence-corrected chi connectivity index (χ3v) is 4.25. The van der Waals surface area contributed by atoms with Gasteiger partial charge in [0.25, 0.3) is 0 Å². The summed E-state index contributed by atoms with van der Waals surface area (Å²) in [6, 6.07) is 7.65. The first kappa shape index (κ1) is 17.0. The number of Topliss-reactive ketones (excluding diaryl/α,β-unsaturated/α-hetero) is 1. The maximum absolute atomic E-state index is 12.3. The van der Waals surface area contributed by atoms with Gasteiger partial charge in [0.15, 0.2) is 6.29 Å². The monoisotopic (exact) mass is 306 g/mol. The lowest BCUT2D eigenvalue weighted by Gasteiger charge is -2.38. The number of carbonyl (C=O) groups is 1. The van der Waals surface area contributed by atoms with E-state index in [0.29, 0.717) is 6.61 Å². The largest absolute Gasteiger partial charge is 0.497 e. The van der Waals surface area contributed by atoms with Crippen LogP contribution in [0.5, 0.6) is 5.75 Å². The summed E-state index contributed by atoms with van der Waals surface area (Å²) in [6.45, 7) is 8.49. The van der Waals surface area contributed by atoms with Crippen LogP contribution < -0.4 is 4.74 Å². The SMILES string of the molecule is COc1ccc([C@@H]2OC[C@@H](C)[C@H]([C@@H](C)C(=O)C(C)C)O2)cc1. The fraction of sp³-hybridized carbons (Fsp3) is 0.611. The predicted octanol–water partition coefficient (Wildman–Crippen LogP) is 3.61. The molecule has 0 unspecified atom stereocenters. The lowest BCUT2D eigenvalue weighted by atomic mass is 9.85. The molecule has 0 saturated carbocycles. The van der Waals surface area contributed by atoms with Gasteiger partial charge in [0.1, 0.15) is 11.5 Å². The van der Waals surface area contributed by atoms with Crippen molar-refractivity contribution in [1.82, 2.24) is 0 Å². The van der Waals surface area contributed by atoms with Gasteiger partial charge in [-0.1, -0.05) is 39.8 Å². The summed E-state index contributed by atoms with van der Waals surface area (Å²) in [5, 5.41) is 0. The summed E-state index contributed by atoms with van der Waals surface area (Å²) in [5.41, 5.74) is 0.946. The molecule has 0 radical (unpaired) electrons. The Kier molecular flexibility index (Phi) is 5.59. The Bertz CT molecular complexity index is 494. The Hall–Kier alpha value is -1.39. The van der Waals surface area contributed by atoms with Crippen molar-refractivity contribution >= 4 is 5.78 Å². The molecule has 1 aliphatic rings. The van der Waals surface area contributed by atoms with Crippen molar-refractivity contribution in [3.8, 4) is 5.75 Å². The minimum atomic E-state index is -0.422. The average Bonchev–Trinajstić information content (AvgIpc) is 2.54. The molecule has 1 aliphatic heterocycles. The van der Waals surface area contributed by atoms with Crippen LogP contribution in [-0.2, 0) is 14.3 Å². The molecular weight excluding hydrogens is 280 g/mol. The van der Waals surface area contributed by atoms with Crippen molar-refractivity contribution in [3.05, 3.63) is 29.8 Å². The first-order valence-electron chi connectivity index (χ1n) is 7.88. The zero-order valence-electron chi connectivity index (χ0n) is 14.0. The quantitative estimate of drug-likeness (QED) is 0.833. The Morgan fingerprint density at radius 1 is 1.23 bits per heavy atom. The minimum Gasteiger partial charge on any atom is -0.497 e. The summed E-state index contributed by atoms with van der Waals surface area (Å²) >= 11 is 0. The van der Waals surface area contributed by atoms with Crippen LogP contribution in [0.25, 0.3) is 0 Å². The highest BCUT2D eigenvalue weighted by molar-refractivity contribution is 5.83. The van der Waals surface area contributed by atoms with Crippen LogP contribution in [0.2, 0.25) is 0 Å². The summed E-state index contributed by atoms with van der Waals surface area (Å²) in [6.07, 6.45) is -0.537. The van der Waals surface area contributed by atoms with Gasteiger partial charge in [-0.15, -0.1) is 0 Å². The molecule has 0 aromatic heterocycles. The number of methoxy groups -OCH3 is 1. The topological polar surface area (TPSA) is 44.8 Å². The number of hydrogen-bond acceptors (Lipinski definition) is 4. The maximum Gasteiger partial charge on any atom is 0.184 e. The number of ketones is 1. The van der Waals surface area contributed by atoms with Crippen LogP contribution in [0.4, 0.5) is 0 Å². The average molecular weight is 306 g/mol. The molecule has 0 spiro atoms. The van der Waals surface area contributed by atoms with Crippen LogP contribution >= 0.6 is 0 Å². The highest BCUT2D eigenvalue weighted by Crippen LogP contribution is 2.34. The molecule has 2 rings (SSSR count). The van der Waals surface area contributed by atoms with E-state index in [1.54, 1.807) is 7.11 Å². The second kappa shape index (κ2) is 7.25. The molecular formula is C18H26O4. The summed E-state index contributed by atoms with van der Waals surface area (Å²) < 4.78 is 17.1. The molecule has 4 atom stereocenters. The lowest BCUT2D eigenvalue weighted by Crippen LogP contribution is -2.42. The van der Waals surface area contributed by atoms with Crippen LogP contribution in [0.15, 0.2) is 24.3 Å². The predicted molar refractivity (Wildman–Crippen MR) is 84.7 cm³/mol. The second-order valence-corrected chi connectivity index (χ2v) is 6.36. The van der Waals surface area contributed by atoms with Crippen molar-refractivity contribution in [2.45, 2.75) is 40.1 Å². The van der Waals surface area contributed by atoms with Gasteiger partial charge < -0.3 is 14.2 Å². The number of benzene rings is 1. The highest BCUT2D eigenvalue weighted by atomic mass is 16.7. The minimum absolute atomic E-state index is 0.0214. The molecule has 4 heteroatoms. The molecule has 1 saturated heterocycles. The summed E-state index contributed by atoms with van der Waals surface area (Å²) in [5.74, 6) is 1.14. The molecule has 4 nitrogen and oxygen atoms in total. The third-order valence-electron chi connectivity index (χ3n) is 4.25. The van der Waals surface area contributed by atoms with Gasteiger partial charge in [-0.25, -0.2) is 0 Å². The highest BCUT2D eigenvalue weighted by Gasteiger charge is 2.37. The van der Waals surface area contributed by atoms with E-state index >= 15 is 0 Å². The van der Waals surface area contributed by atoms with Crippen LogP contribution in [-0.4, -0.2) is 25.6 Å². The molecule has 22 heavy (non-hydrogen) atoms. The number of ether oxygens (including phenoxy) is 3. The van der Waals surface area contributed by atoms with E-state index in [2.05, 4.69) is 6.92 Å². The van der Waals surface area contributed by atoms with Crippen LogP contribution in [0.1, 0.15) is 39.5 Å².